The van der Waals surface area contributed by atoms with E-state index in [-0.39, 0.29) is 18.5 Å². The number of anilines is 1. The molecule has 3 heterocycles. The van der Waals surface area contributed by atoms with Crippen LogP contribution in [0.2, 0.25) is 0 Å². The second-order valence-corrected chi connectivity index (χ2v) is 7.77. The van der Waals surface area contributed by atoms with Crippen molar-refractivity contribution in [1.29, 1.82) is 0 Å². The van der Waals surface area contributed by atoms with Crippen LogP contribution in [0.15, 0.2) is 47.5 Å². The normalized spacial score (nSPS) is 25.2. The first-order valence-electron chi connectivity index (χ1n) is 8.55. The monoisotopic (exact) mass is 397 g/mol. The number of amidine groups is 1. The Hall–Kier alpha value is -3.04. The molecule has 3 aliphatic rings. The molecule has 0 fully saturated rings. The SMILES string of the molecule is NC1=NC(=O)C(C2(O)C(=O)N(Cc3ccc4c(c3)OCO4)c3ccccc32)S1. The molecule has 0 saturated heterocycles. The van der Waals surface area contributed by atoms with Gasteiger partial charge in [-0.3, -0.25) is 9.59 Å². The summed E-state index contributed by atoms with van der Waals surface area (Å²) >= 11 is 0.906. The highest BCUT2D eigenvalue weighted by atomic mass is 32.2. The summed E-state index contributed by atoms with van der Waals surface area (Å²) in [6, 6.07) is 12.3. The number of carbonyl (C=O) groups is 2. The predicted molar refractivity (Wildman–Crippen MR) is 102 cm³/mol. The third-order valence-corrected chi connectivity index (χ3v) is 6.13. The number of benzene rings is 2. The largest absolute Gasteiger partial charge is 0.454 e. The average molecular weight is 397 g/mol. The topological polar surface area (TPSA) is 114 Å². The zero-order valence-corrected chi connectivity index (χ0v) is 15.3. The summed E-state index contributed by atoms with van der Waals surface area (Å²) in [4.78, 5) is 30.7. The number of fused-ring (bicyclic) bond motifs is 2. The summed E-state index contributed by atoms with van der Waals surface area (Å²) in [6.45, 7) is 0.364. The number of nitrogens with zero attached hydrogens (tertiary/aromatic N) is 2. The van der Waals surface area contributed by atoms with Gasteiger partial charge in [0.05, 0.1) is 12.2 Å². The van der Waals surface area contributed by atoms with Crippen molar-refractivity contribution >= 4 is 34.4 Å². The highest BCUT2D eigenvalue weighted by molar-refractivity contribution is 8.15. The van der Waals surface area contributed by atoms with Gasteiger partial charge < -0.3 is 25.2 Å². The summed E-state index contributed by atoms with van der Waals surface area (Å²) in [7, 11) is 0. The molecule has 142 valence electrons. The molecule has 0 aromatic heterocycles. The van der Waals surface area contributed by atoms with E-state index in [1.165, 1.54) is 4.90 Å². The number of rotatable bonds is 3. The highest BCUT2D eigenvalue weighted by Crippen LogP contribution is 2.48. The summed E-state index contributed by atoms with van der Waals surface area (Å²) in [6.07, 6.45) is 0. The Kier molecular flexibility index (Phi) is 3.65. The van der Waals surface area contributed by atoms with Gasteiger partial charge in [-0.25, -0.2) is 0 Å². The molecule has 28 heavy (non-hydrogen) atoms. The molecule has 0 aliphatic carbocycles. The lowest BCUT2D eigenvalue weighted by molar-refractivity contribution is -0.140. The van der Waals surface area contributed by atoms with Gasteiger partial charge in [0.1, 0.15) is 5.25 Å². The van der Waals surface area contributed by atoms with Crippen molar-refractivity contribution in [1.82, 2.24) is 0 Å². The lowest BCUT2D eigenvalue weighted by atomic mass is 9.91. The number of aliphatic hydroxyl groups is 1. The van der Waals surface area contributed by atoms with Crippen molar-refractivity contribution < 1.29 is 24.2 Å². The molecule has 0 saturated carbocycles. The lowest BCUT2D eigenvalue weighted by Gasteiger charge is -2.26. The number of aliphatic imine (C=N–C) groups is 1. The summed E-state index contributed by atoms with van der Waals surface area (Å²) in [5.41, 5.74) is 5.34. The number of thioether (sulfide) groups is 1. The third kappa shape index (κ3) is 2.33. The van der Waals surface area contributed by atoms with Gasteiger partial charge in [0.15, 0.2) is 22.3 Å². The zero-order chi connectivity index (χ0) is 19.5. The Morgan fingerprint density at radius 1 is 1.21 bits per heavy atom. The maximum Gasteiger partial charge on any atom is 0.265 e. The molecule has 3 aliphatic heterocycles. The van der Waals surface area contributed by atoms with E-state index in [0.717, 1.165) is 17.3 Å². The van der Waals surface area contributed by atoms with Crippen molar-refractivity contribution in [2.75, 3.05) is 11.7 Å². The minimum Gasteiger partial charge on any atom is -0.454 e. The van der Waals surface area contributed by atoms with E-state index in [1.54, 1.807) is 36.4 Å². The van der Waals surface area contributed by atoms with Crippen LogP contribution in [-0.2, 0) is 21.7 Å². The van der Waals surface area contributed by atoms with E-state index >= 15 is 0 Å². The molecular weight excluding hydrogens is 382 g/mol. The van der Waals surface area contributed by atoms with Gasteiger partial charge in [-0.15, -0.1) is 0 Å². The van der Waals surface area contributed by atoms with Gasteiger partial charge in [-0.05, 0) is 23.8 Å². The number of hydrogen-bond donors (Lipinski definition) is 2. The van der Waals surface area contributed by atoms with E-state index in [9.17, 15) is 14.7 Å². The van der Waals surface area contributed by atoms with Crippen molar-refractivity contribution in [2.24, 2.45) is 10.7 Å². The molecule has 9 heteroatoms. The number of para-hydroxylation sites is 1. The van der Waals surface area contributed by atoms with Crippen molar-refractivity contribution in [3.8, 4) is 11.5 Å². The van der Waals surface area contributed by atoms with Gasteiger partial charge in [0.2, 0.25) is 6.79 Å². The number of hydrogen-bond acceptors (Lipinski definition) is 7. The fourth-order valence-electron chi connectivity index (χ4n) is 3.72. The van der Waals surface area contributed by atoms with Crippen LogP contribution in [-0.4, -0.2) is 34.1 Å². The van der Waals surface area contributed by atoms with Crippen molar-refractivity contribution in [3.63, 3.8) is 0 Å². The first-order valence-corrected chi connectivity index (χ1v) is 9.43. The Morgan fingerprint density at radius 3 is 2.79 bits per heavy atom. The molecule has 2 aromatic carbocycles. The maximum absolute atomic E-state index is 13.3. The molecule has 2 unspecified atom stereocenters. The van der Waals surface area contributed by atoms with Gasteiger partial charge in [-0.1, -0.05) is 36.0 Å². The minimum absolute atomic E-state index is 0.0444. The Balaban J connectivity index is 1.53. The number of nitrogens with two attached hydrogens (primary N) is 1. The van der Waals surface area contributed by atoms with E-state index < -0.39 is 22.7 Å². The molecule has 0 spiro atoms. The van der Waals surface area contributed by atoms with E-state index in [0.29, 0.717) is 22.7 Å². The van der Waals surface area contributed by atoms with Crippen LogP contribution in [0.1, 0.15) is 11.1 Å². The number of amides is 2. The van der Waals surface area contributed by atoms with Gasteiger partial charge in [-0.2, -0.15) is 4.99 Å². The zero-order valence-electron chi connectivity index (χ0n) is 14.5. The fraction of sp³-hybridized carbons (Fsp3) is 0.211. The van der Waals surface area contributed by atoms with Crippen molar-refractivity contribution in [3.05, 3.63) is 53.6 Å². The maximum atomic E-state index is 13.3. The molecule has 0 radical (unpaired) electrons. The molecule has 2 amide bonds. The van der Waals surface area contributed by atoms with Gasteiger partial charge in [0, 0.05) is 5.56 Å². The van der Waals surface area contributed by atoms with Crippen LogP contribution >= 0.6 is 11.8 Å². The average Bonchev–Trinajstić information content (AvgIpc) is 3.34. The van der Waals surface area contributed by atoms with E-state index in [4.69, 9.17) is 15.2 Å². The van der Waals surface area contributed by atoms with Crippen LogP contribution in [0.5, 0.6) is 11.5 Å². The quantitative estimate of drug-likeness (QED) is 0.797. The van der Waals surface area contributed by atoms with Crippen LogP contribution in [0.3, 0.4) is 0 Å². The first-order chi connectivity index (χ1) is 13.5. The van der Waals surface area contributed by atoms with Crippen LogP contribution < -0.4 is 20.1 Å². The van der Waals surface area contributed by atoms with Crippen LogP contribution in [0.25, 0.3) is 0 Å². The molecular formula is C19H15N3O5S. The Bertz CT molecular complexity index is 1060. The van der Waals surface area contributed by atoms with Crippen LogP contribution in [0.4, 0.5) is 5.69 Å². The first kappa shape index (κ1) is 17.1. The third-order valence-electron chi connectivity index (χ3n) is 5.02. The second kappa shape index (κ2) is 5.98. The molecule has 8 nitrogen and oxygen atoms in total. The lowest BCUT2D eigenvalue weighted by Crippen LogP contribution is -2.49. The van der Waals surface area contributed by atoms with Crippen molar-refractivity contribution in [2.45, 2.75) is 17.4 Å². The molecule has 3 N–H and O–H groups in total. The standard InChI is InChI=1S/C19H15N3O5S/c20-18-21-16(23)15(28-18)19(25)11-3-1-2-4-12(11)22(17(19)24)8-10-5-6-13-14(7-10)27-9-26-13/h1-7,15,25H,8-9H2,(H2,20,21,23). The summed E-state index contributed by atoms with van der Waals surface area (Å²) in [5.74, 6) is 0.0598. The van der Waals surface area contributed by atoms with Crippen LogP contribution in [0, 0.1) is 0 Å². The van der Waals surface area contributed by atoms with E-state index in [1.807, 2.05) is 6.07 Å². The van der Waals surface area contributed by atoms with Gasteiger partial charge >= 0.3 is 0 Å². The predicted octanol–water partition coefficient (Wildman–Crippen LogP) is 1.11. The second-order valence-electron chi connectivity index (χ2n) is 6.65. The number of carbonyl (C=O) groups excluding carboxylic acids is 2. The van der Waals surface area contributed by atoms with E-state index in [2.05, 4.69) is 4.99 Å². The smallest absolute Gasteiger partial charge is 0.265 e. The Morgan fingerprint density at radius 2 is 2.00 bits per heavy atom. The number of ether oxygens (including phenoxy) is 2. The van der Waals surface area contributed by atoms with Gasteiger partial charge in [0.25, 0.3) is 11.8 Å². The minimum atomic E-state index is -2.03. The summed E-state index contributed by atoms with van der Waals surface area (Å²) < 4.78 is 10.7. The fourth-order valence-corrected chi connectivity index (χ4v) is 4.66. The summed E-state index contributed by atoms with van der Waals surface area (Å²) in [5, 5.41) is 10.3. The Labute approximate surface area is 163 Å². The molecule has 2 atom stereocenters. The molecule has 5 rings (SSSR count). The molecule has 0 bridgehead atoms. The highest BCUT2D eigenvalue weighted by Gasteiger charge is 2.59. The molecule has 2 aromatic rings.